The minimum atomic E-state index is 0.00813. The van der Waals surface area contributed by atoms with E-state index in [0.29, 0.717) is 18.0 Å². The highest BCUT2D eigenvalue weighted by Crippen LogP contribution is 2.24. The quantitative estimate of drug-likeness (QED) is 0.775. The number of amides is 1. The van der Waals surface area contributed by atoms with Crippen molar-refractivity contribution in [2.24, 2.45) is 0 Å². The van der Waals surface area contributed by atoms with Crippen LogP contribution in [0.5, 0.6) is 0 Å². The summed E-state index contributed by atoms with van der Waals surface area (Å²) in [5.74, 6) is 0.00813. The van der Waals surface area contributed by atoms with Crippen molar-refractivity contribution >= 4 is 44.8 Å². The fourth-order valence-corrected chi connectivity index (χ4v) is 2.35. The fourth-order valence-electron chi connectivity index (χ4n) is 1.81. The molecule has 2 aromatic carbocycles. The number of carbonyl (C=O) groups is 1. The fraction of sp³-hybridized carbons (Fsp3) is 0.188. The smallest absolute Gasteiger partial charge is 0.224 e. The molecule has 1 amide bonds. The topological polar surface area (TPSA) is 41.1 Å². The molecule has 0 atom stereocenters. The van der Waals surface area contributed by atoms with Crippen LogP contribution in [0.2, 0.25) is 5.02 Å². The minimum absolute atomic E-state index is 0.00813. The molecule has 0 spiro atoms. The lowest BCUT2D eigenvalue weighted by Gasteiger charge is -2.10. The highest BCUT2D eigenvalue weighted by atomic mass is 79.9. The Morgan fingerprint density at radius 2 is 1.95 bits per heavy atom. The number of hydrogen-bond acceptors (Lipinski definition) is 2. The van der Waals surface area contributed by atoms with E-state index in [9.17, 15) is 4.79 Å². The van der Waals surface area contributed by atoms with Crippen LogP contribution in [0, 0.1) is 0 Å². The molecule has 5 heteroatoms. The van der Waals surface area contributed by atoms with Crippen molar-refractivity contribution in [1.82, 2.24) is 0 Å². The second-order valence-electron chi connectivity index (χ2n) is 4.58. The molecule has 0 aromatic heterocycles. The monoisotopic (exact) mass is 366 g/mol. The summed E-state index contributed by atoms with van der Waals surface area (Å²) in [7, 11) is 0. The van der Waals surface area contributed by atoms with Gasteiger partial charge in [0.05, 0.1) is 5.02 Å². The first-order valence-electron chi connectivity index (χ1n) is 6.66. The molecule has 2 rings (SSSR count). The van der Waals surface area contributed by atoms with Crippen molar-refractivity contribution in [1.29, 1.82) is 0 Å². The Labute approximate surface area is 137 Å². The largest absolute Gasteiger partial charge is 0.381 e. The molecule has 0 aliphatic rings. The predicted octanol–water partition coefficient (Wildman–Crippen LogP) is 5.06. The molecule has 0 aliphatic carbocycles. The van der Waals surface area contributed by atoms with E-state index in [1.807, 2.05) is 49.4 Å². The SMILES string of the molecule is CCC(=O)Nc1cccc(NCc2ccc(Cl)c(Br)c2)c1. The number of nitrogens with one attached hydrogen (secondary N) is 2. The van der Waals surface area contributed by atoms with Crippen molar-refractivity contribution in [3.8, 4) is 0 Å². The molecule has 0 heterocycles. The van der Waals surface area contributed by atoms with Crippen molar-refractivity contribution in [3.63, 3.8) is 0 Å². The lowest BCUT2D eigenvalue weighted by atomic mass is 10.2. The van der Waals surface area contributed by atoms with E-state index in [2.05, 4.69) is 26.6 Å². The Balaban J connectivity index is 2.01. The van der Waals surface area contributed by atoms with E-state index in [1.165, 1.54) is 0 Å². The van der Waals surface area contributed by atoms with Crippen LogP contribution in [0.1, 0.15) is 18.9 Å². The number of carbonyl (C=O) groups excluding carboxylic acids is 1. The molecule has 2 N–H and O–H groups in total. The summed E-state index contributed by atoms with van der Waals surface area (Å²) in [5, 5.41) is 6.86. The van der Waals surface area contributed by atoms with E-state index in [4.69, 9.17) is 11.6 Å². The molecular formula is C16H16BrClN2O. The number of benzene rings is 2. The van der Waals surface area contributed by atoms with Gasteiger partial charge in [-0.3, -0.25) is 4.79 Å². The molecule has 3 nitrogen and oxygen atoms in total. The van der Waals surface area contributed by atoms with Gasteiger partial charge in [0.15, 0.2) is 0 Å². The summed E-state index contributed by atoms with van der Waals surface area (Å²) in [5.41, 5.74) is 2.87. The van der Waals surface area contributed by atoms with Crippen LogP contribution in [0.15, 0.2) is 46.9 Å². The van der Waals surface area contributed by atoms with Gasteiger partial charge >= 0.3 is 0 Å². The highest BCUT2D eigenvalue weighted by molar-refractivity contribution is 9.10. The Morgan fingerprint density at radius 3 is 2.67 bits per heavy atom. The number of anilines is 2. The maximum absolute atomic E-state index is 11.4. The first kappa shape index (κ1) is 15.9. The van der Waals surface area contributed by atoms with Crippen LogP contribution in [0.25, 0.3) is 0 Å². The molecule has 0 bridgehead atoms. The van der Waals surface area contributed by atoms with Crippen LogP contribution < -0.4 is 10.6 Å². The van der Waals surface area contributed by atoms with Gasteiger partial charge in [0, 0.05) is 28.8 Å². The van der Waals surface area contributed by atoms with Gasteiger partial charge in [0.25, 0.3) is 0 Å². The van der Waals surface area contributed by atoms with Crippen molar-refractivity contribution in [3.05, 3.63) is 57.5 Å². The van der Waals surface area contributed by atoms with Gasteiger partial charge in [0.2, 0.25) is 5.91 Å². The second kappa shape index (κ2) is 7.48. The van der Waals surface area contributed by atoms with E-state index in [-0.39, 0.29) is 5.91 Å². The van der Waals surface area contributed by atoms with Gasteiger partial charge in [-0.1, -0.05) is 30.7 Å². The summed E-state index contributed by atoms with van der Waals surface area (Å²) in [6.45, 7) is 2.51. The Hall–Kier alpha value is -1.52. The van der Waals surface area contributed by atoms with Gasteiger partial charge in [-0.2, -0.15) is 0 Å². The predicted molar refractivity (Wildman–Crippen MR) is 91.8 cm³/mol. The van der Waals surface area contributed by atoms with E-state index in [1.54, 1.807) is 0 Å². The first-order chi connectivity index (χ1) is 10.1. The third-order valence-electron chi connectivity index (χ3n) is 2.95. The van der Waals surface area contributed by atoms with Crippen molar-refractivity contribution < 1.29 is 4.79 Å². The normalized spacial score (nSPS) is 10.2. The average molecular weight is 368 g/mol. The molecule has 0 aliphatic heterocycles. The molecule has 0 saturated heterocycles. The van der Waals surface area contributed by atoms with E-state index >= 15 is 0 Å². The van der Waals surface area contributed by atoms with E-state index in [0.717, 1.165) is 21.4 Å². The first-order valence-corrected chi connectivity index (χ1v) is 7.83. The summed E-state index contributed by atoms with van der Waals surface area (Å²) in [4.78, 5) is 11.4. The Kier molecular flexibility index (Phi) is 5.65. The maximum atomic E-state index is 11.4. The van der Waals surface area contributed by atoms with Crippen LogP contribution in [-0.4, -0.2) is 5.91 Å². The molecule has 0 unspecified atom stereocenters. The zero-order valence-electron chi connectivity index (χ0n) is 11.6. The summed E-state index contributed by atoms with van der Waals surface area (Å²) in [6.07, 6.45) is 0.469. The van der Waals surface area contributed by atoms with Crippen LogP contribution in [0.3, 0.4) is 0 Å². The van der Waals surface area contributed by atoms with Gasteiger partial charge in [-0.05, 0) is 51.8 Å². The Bertz CT molecular complexity index is 646. The van der Waals surface area contributed by atoms with Crippen LogP contribution in [-0.2, 0) is 11.3 Å². The molecule has 21 heavy (non-hydrogen) atoms. The number of rotatable bonds is 5. The van der Waals surface area contributed by atoms with Gasteiger partial charge in [-0.25, -0.2) is 0 Å². The second-order valence-corrected chi connectivity index (χ2v) is 5.85. The molecule has 0 saturated carbocycles. The molecule has 2 aromatic rings. The molecule has 0 fully saturated rings. The highest BCUT2D eigenvalue weighted by Gasteiger charge is 2.02. The van der Waals surface area contributed by atoms with Gasteiger partial charge in [0.1, 0.15) is 0 Å². The zero-order chi connectivity index (χ0) is 15.2. The summed E-state index contributed by atoms with van der Waals surface area (Å²) in [6, 6.07) is 13.5. The van der Waals surface area contributed by atoms with Crippen molar-refractivity contribution in [2.45, 2.75) is 19.9 Å². The third kappa shape index (κ3) is 4.76. The lowest BCUT2D eigenvalue weighted by Crippen LogP contribution is -2.09. The van der Waals surface area contributed by atoms with Crippen LogP contribution in [0.4, 0.5) is 11.4 Å². The van der Waals surface area contributed by atoms with Gasteiger partial charge < -0.3 is 10.6 Å². The van der Waals surface area contributed by atoms with Gasteiger partial charge in [-0.15, -0.1) is 0 Å². The molecule has 110 valence electrons. The third-order valence-corrected chi connectivity index (χ3v) is 4.16. The van der Waals surface area contributed by atoms with Crippen molar-refractivity contribution in [2.75, 3.05) is 10.6 Å². The molecule has 0 radical (unpaired) electrons. The number of hydrogen-bond donors (Lipinski definition) is 2. The minimum Gasteiger partial charge on any atom is -0.381 e. The van der Waals surface area contributed by atoms with E-state index < -0.39 is 0 Å². The number of halogens is 2. The zero-order valence-corrected chi connectivity index (χ0v) is 14.0. The Morgan fingerprint density at radius 1 is 1.19 bits per heavy atom. The maximum Gasteiger partial charge on any atom is 0.224 e. The standard InChI is InChI=1S/C16H16BrClN2O/c1-2-16(21)20-13-5-3-4-12(9-13)19-10-11-6-7-15(18)14(17)8-11/h3-9,19H,2,10H2,1H3,(H,20,21). The molecular weight excluding hydrogens is 352 g/mol. The average Bonchev–Trinajstić information content (AvgIpc) is 2.49. The summed E-state index contributed by atoms with van der Waals surface area (Å²) < 4.78 is 0.882. The summed E-state index contributed by atoms with van der Waals surface area (Å²) >= 11 is 9.39. The lowest BCUT2D eigenvalue weighted by molar-refractivity contribution is -0.115. The van der Waals surface area contributed by atoms with Crippen LogP contribution >= 0.6 is 27.5 Å².